The van der Waals surface area contributed by atoms with Crippen LogP contribution in [0.4, 0.5) is 20.2 Å². The van der Waals surface area contributed by atoms with Gasteiger partial charge in [0.2, 0.25) is 0 Å². The van der Waals surface area contributed by atoms with Crippen molar-refractivity contribution < 1.29 is 47.0 Å². The molecule has 2 heterocycles. The number of allylic oxidation sites excluding steroid dienone is 3. The standard InChI is InChI=1S/C18H18ClFN2O4.C18H16ClFN2O4/c1-2-26-16(23)9-21-14-8-15(13(20)7-12(14)19)22-17(24)10-5-3-4-6-11(10)18(22)25;1-2-26-13-9-12(15(20)16(14(13)19)21-7-8-23)22-17(24)10-5-3-4-6-11(10)18(22)25/h7-8,12H,2-6,9H2,1H3;7,9,21H,2-6H2,1H3. The largest absolute Gasteiger partial charge is 0.492 e. The molecule has 3 aliphatic carbocycles. The maximum Gasteiger partial charge on any atom is 0.327 e. The first kappa shape index (κ1) is 38.3. The summed E-state index contributed by atoms with van der Waals surface area (Å²) in [6, 6.07) is 1.23. The number of carbonyl (C=O) groups is 5. The summed E-state index contributed by atoms with van der Waals surface area (Å²) < 4.78 is 39.7. The molecule has 0 bridgehead atoms. The molecule has 52 heavy (non-hydrogen) atoms. The molecular formula is C36H34Cl2F2N4O8. The van der Waals surface area contributed by atoms with Gasteiger partial charge in [0.15, 0.2) is 5.82 Å². The lowest BCUT2D eigenvalue weighted by Gasteiger charge is -2.22. The average Bonchev–Trinajstić information content (AvgIpc) is 3.53. The number of alkyl halides is 1. The topological polar surface area (TPSA) is 152 Å². The molecule has 0 saturated heterocycles. The van der Waals surface area contributed by atoms with Crippen molar-refractivity contribution in [2.24, 2.45) is 4.99 Å². The fourth-order valence-corrected chi connectivity index (χ4v) is 6.91. The van der Waals surface area contributed by atoms with Crippen LogP contribution in [0, 0.1) is 5.82 Å². The van der Waals surface area contributed by atoms with E-state index >= 15 is 4.39 Å². The number of anilines is 2. The Labute approximate surface area is 307 Å². The third-order valence-electron chi connectivity index (χ3n) is 8.79. The van der Waals surface area contributed by atoms with Crippen molar-refractivity contribution in [3.8, 4) is 5.75 Å². The molecule has 6 rings (SSSR count). The number of halogens is 4. The number of esters is 1. The van der Waals surface area contributed by atoms with Crippen LogP contribution >= 0.6 is 23.2 Å². The van der Waals surface area contributed by atoms with Crippen LogP contribution in [-0.2, 0) is 33.5 Å². The van der Waals surface area contributed by atoms with Crippen molar-refractivity contribution in [3.05, 3.63) is 69.1 Å². The van der Waals surface area contributed by atoms with Crippen LogP contribution in [0.2, 0.25) is 5.02 Å². The van der Waals surface area contributed by atoms with Crippen molar-refractivity contribution in [2.75, 3.05) is 30.0 Å². The zero-order valence-electron chi connectivity index (χ0n) is 28.3. The second kappa shape index (κ2) is 16.6. The zero-order chi connectivity index (χ0) is 37.7. The molecule has 0 aromatic heterocycles. The lowest BCUT2D eigenvalue weighted by atomic mass is 9.93. The fraction of sp³-hybridized carbons (Fsp3) is 0.389. The molecule has 4 amide bonds. The normalized spacial score (nSPS) is 20.6. The van der Waals surface area contributed by atoms with Crippen LogP contribution in [0.25, 0.3) is 0 Å². The van der Waals surface area contributed by atoms with E-state index in [4.69, 9.17) is 32.7 Å². The fourth-order valence-electron chi connectivity index (χ4n) is 6.42. The minimum atomic E-state index is -0.925. The van der Waals surface area contributed by atoms with Gasteiger partial charge in [0.1, 0.15) is 29.1 Å². The Morgan fingerprint density at radius 3 is 1.98 bits per heavy atom. The van der Waals surface area contributed by atoms with E-state index in [0.717, 1.165) is 47.8 Å². The molecule has 0 spiro atoms. The number of nitrogens with zero attached hydrogens (tertiary/aromatic N) is 3. The number of imide groups is 2. The van der Waals surface area contributed by atoms with E-state index in [1.807, 2.05) is 0 Å². The number of amides is 4. The second-order valence-corrected chi connectivity index (χ2v) is 12.8. The Morgan fingerprint density at radius 1 is 0.942 bits per heavy atom. The summed E-state index contributed by atoms with van der Waals surface area (Å²) in [4.78, 5) is 78.2. The van der Waals surface area contributed by atoms with E-state index in [-0.39, 0.29) is 53.3 Å². The first-order chi connectivity index (χ1) is 24.9. The van der Waals surface area contributed by atoms with Crippen LogP contribution in [-0.4, -0.2) is 71.3 Å². The van der Waals surface area contributed by atoms with Gasteiger partial charge in [-0.3, -0.25) is 29.0 Å². The van der Waals surface area contributed by atoms with Gasteiger partial charge < -0.3 is 14.8 Å². The Bertz CT molecular complexity index is 1890. The zero-order valence-corrected chi connectivity index (χ0v) is 29.8. The molecule has 12 nitrogen and oxygen atoms in total. The van der Waals surface area contributed by atoms with Crippen molar-refractivity contribution in [1.82, 2.24) is 4.90 Å². The molecule has 1 aromatic carbocycles. The van der Waals surface area contributed by atoms with Crippen LogP contribution < -0.4 is 15.0 Å². The Hall–Kier alpha value is -4.91. The Kier molecular flexibility index (Phi) is 12.2. The van der Waals surface area contributed by atoms with Crippen molar-refractivity contribution in [3.63, 3.8) is 0 Å². The van der Waals surface area contributed by atoms with E-state index in [1.54, 1.807) is 13.8 Å². The molecule has 1 aromatic rings. The minimum absolute atomic E-state index is 0.0952. The molecule has 1 atom stereocenters. The molecular weight excluding hydrogens is 725 g/mol. The highest BCUT2D eigenvalue weighted by Gasteiger charge is 2.43. The first-order valence-corrected chi connectivity index (χ1v) is 17.5. The maximum atomic E-state index is 15.0. The second-order valence-electron chi connectivity index (χ2n) is 11.9. The van der Waals surface area contributed by atoms with E-state index in [1.165, 1.54) is 18.1 Å². The van der Waals surface area contributed by atoms with Crippen molar-refractivity contribution in [1.29, 1.82) is 0 Å². The Balaban J connectivity index is 0.000000201. The van der Waals surface area contributed by atoms with E-state index in [9.17, 15) is 33.2 Å². The smallest absolute Gasteiger partial charge is 0.327 e. The number of benzene rings is 1. The maximum absolute atomic E-state index is 15.0. The summed E-state index contributed by atoms with van der Waals surface area (Å²) in [5.74, 6) is -2.70. The number of hydrogen-bond acceptors (Lipinski definition) is 10. The number of ether oxygens (including phenoxy) is 2. The molecule has 16 heteroatoms. The van der Waals surface area contributed by atoms with Crippen molar-refractivity contribution >= 4 is 75.8 Å². The highest BCUT2D eigenvalue weighted by atomic mass is 35.5. The molecule has 5 aliphatic rings. The monoisotopic (exact) mass is 758 g/mol. The molecule has 1 N–H and O–H groups in total. The van der Waals surface area contributed by atoms with Gasteiger partial charge in [-0.1, -0.05) is 11.6 Å². The Morgan fingerprint density at radius 2 is 1.48 bits per heavy atom. The van der Waals surface area contributed by atoms with Gasteiger partial charge in [-0.2, -0.15) is 0 Å². The van der Waals surface area contributed by atoms with Gasteiger partial charge in [-0.15, -0.1) is 11.6 Å². The predicted octanol–water partition coefficient (Wildman–Crippen LogP) is 5.97. The minimum Gasteiger partial charge on any atom is -0.492 e. The summed E-state index contributed by atoms with van der Waals surface area (Å²) in [7, 11) is 0. The van der Waals surface area contributed by atoms with Gasteiger partial charge >= 0.3 is 5.97 Å². The molecule has 2 aliphatic heterocycles. The van der Waals surface area contributed by atoms with Crippen LogP contribution in [0.3, 0.4) is 0 Å². The molecule has 1 unspecified atom stereocenters. The molecule has 0 fully saturated rings. The van der Waals surface area contributed by atoms with Gasteiger partial charge in [0.25, 0.3) is 23.6 Å². The van der Waals surface area contributed by atoms with Crippen LogP contribution in [0.5, 0.6) is 5.75 Å². The van der Waals surface area contributed by atoms with Gasteiger partial charge in [-0.05, 0) is 77.4 Å². The average molecular weight is 760 g/mol. The summed E-state index contributed by atoms with van der Waals surface area (Å²) in [5, 5.41) is 1.39. The van der Waals surface area contributed by atoms with Crippen molar-refractivity contribution in [2.45, 2.75) is 70.6 Å². The number of hydrogen-bond donors (Lipinski definition) is 1. The first-order valence-electron chi connectivity index (χ1n) is 16.7. The summed E-state index contributed by atoms with van der Waals surface area (Å²) >= 11 is 12.2. The van der Waals surface area contributed by atoms with Crippen LogP contribution in [0.1, 0.15) is 65.2 Å². The number of nitrogens with one attached hydrogen (secondary N) is 1. The van der Waals surface area contributed by atoms with Gasteiger partial charge in [-0.25, -0.2) is 23.4 Å². The van der Waals surface area contributed by atoms with Gasteiger partial charge in [0.05, 0.1) is 47.6 Å². The van der Waals surface area contributed by atoms with Crippen LogP contribution in [0.15, 0.2) is 63.2 Å². The summed E-state index contributed by atoms with van der Waals surface area (Å²) in [6.07, 6.45) is 8.50. The van der Waals surface area contributed by atoms with E-state index in [0.29, 0.717) is 48.0 Å². The predicted molar refractivity (Wildman–Crippen MR) is 188 cm³/mol. The third-order valence-corrected chi connectivity index (χ3v) is 9.51. The number of aliphatic imine (C=N–C) groups is 1. The van der Waals surface area contributed by atoms with E-state index < -0.39 is 46.6 Å². The molecule has 274 valence electrons. The molecule has 0 saturated carbocycles. The highest BCUT2D eigenvalue weighted by molar-refractivity contribution is 6.37. The molecule has 0 radical (unpaired) electrons. The lowest BCUT2D eigenvalue weighted by Crippen LogP contribution is -2.34. The summed E-state index contributed by atoms with van der Waals surface area (Å²) in [5.41, 5.74) is 1.30. The quantitative estimate of drug-likeness (QED) is 0.139. The number of rotatable bonds is 9. The highest BCUT2D eigenvalue weighted by Crippen LogP contribution is 2.44. The lowest BCUT2D eigenvalue weighted by molar-refractivity contribution is -0.141. The number of carbonyl (C=O) groups excluding carboxylic acids is 6. The van der Waals surface area contributed by atoms with Gasteiger partial charge in [0, 0.05) is 28.4 Å². The van der Waals surface area contributed by atoms with E-state index in [2.05, 4.69) is 10.3 Å². The SMILES string of the molecule is CCOC(=O)CN=C1C=C(N2C(=O)C3=C(CCCC3)C2=O)C(F)=CC1Cl.CCOc1cc(N2C(=O)C3=C(CCCC3)C2=O)c(F)c(NC=C=O)c1Cl. The third kappa shape index (κ3) is 7.50. The summed E-state index contributed by atoms with van der Waals surface area (Å²) in [6.45, 7) is 3.57.